The van der Waals surface area contributed by atoms with Gasteiger partial charge in [0.2, 0.25) is 0 Å². The molecule has 1 N–H and O–H groups in total. The Balaban J connectivity index is 1.49. The van der Waals surface area contributed by atoms with E-state index in [0.29, 0.717) is 5.92 Å². The summed E-state index contributed by atoms with van der Waals surface area (Å²) in [6, 6.07) is 9.77. The van der Waals surface area contributed by atoms with Gasteiger partial charge in [0.05, 0.1) is 6.61 Å². The number of benzene rings is 1. The molecule has 0 aromatic heterocycles. The van der Waals surface area contributed by atoms with E-state index in [2.05, 4.69) is 41.5 Å². The topological polar surface area (TPSA) is 24.5 Å². The first-order valence-electron chi connectivity index (χ1n) is 7.92. The zero-order valence-electron chi connectivity index (χ0n) is 12.5. The molecule has 1 saturated carbocycles. The summed E-state index contributed by atoms with van der Waals surface area (Å²) < 4.78 is 5.56. The molecule has 1 heterocycles. The fourth-order valence-corrected chi connectivity index (χ4v) is 2.86. The van der Waals surface area contributed by atoms with Crippen molar-refractivity contribution in [3.05, 3.63) is 29.8 Å². The van der Waals surface area contributed by atoms with Gasteiger partial charge in [0, 0.05) is 38.5 Å². The van der Waals surface area contributed by atoms with E-state index >= 15 is 0 Å². The molecule has 1 aliphatic carbocycles. The van der Waals surface area contributed by atoms with Crippen LogP contribution in [0.1, 0.15) is 31.2 Å². The molecule has 3 heteroatoms. The van der Waals surface area contributed by atoms with Crippen LogP contribution < -0.4 is 10.2 Å². The minimum absolute atomic E-state index is 0.685. The van der Waals surface area contributed by atoms with Crippen molar-refractivity contribution in [2.75, 3.05) is 31.7 Å². The first-order chi connectivity index (χ1) is 9.81. The van der Waals surface area contributed by atoms with Gasteiger partial charge in [0.1, 0.15) is 0 Å². The third kappa shape index (κ3) is 3.97. The lowest BCUT2D eigenvalue weighted by Gasteiger charge is -2.28. The third-order valence-corrected chi connectivity index (χ3v) is 4.34. The highest BCUT2D eigenvalue weighted by molar-refractivity contribution is 5.46. The molecule has 2 aliphatic rings. The smallest absolute Gasteiger partial charge is 0.0511 e. The Labute approximate surface area is 122 Å². The van der Waals surface area contributed by atoms with E-state index in [9.17, 15) is 0 Å². The van der Waals surface area contributed by atoms with Gasteiger partial charge >= 0.3 is 0 Å². The molecule has 1 unspecified atom stereocenters. The average molecular weight is 274 g/mol. The maximum absolute atomic E-state index is 5.56. The molecule has 3 rings (SSSR count). The van der Waals surface area contributed by atoms with Gasteiger partial charge in [-0.15, -0.1) is 0 Å². The van der Waals surface area contributed by atoms with Crippen molar-refractivity contribution in [3.8, 4) is 0 Å². The highest BCUT2D eigenvalue weighted by Gasteiger charge is 2.20. The summed E-state index contributed by atoms with van der Waals surface area (Å²) in [7, 11) is 2.19. The van der Waals surface area contributed by atoms with E-state index in [1.165, 1.54) is 36.9 Å². The van der Waals surface area contributed by atoms with Gasteiger partial charge in [0.15, 0.2) is 0 Å². The van der Waals surface area contributed by atoms with Gasteiger partial charge in [-0.2, -0.15) is 0 Å². The van der Waals surface area contributed by atoms with Crippen molar-refractivity contribution >= 4 is 5.69 Å². The maximum atomic E-state index is 5.56. The van der Waals surface area contributed by atoms with Gasteiger partial charge in [-0.1, -0.05) is 12.1 Å². The second-order valence-electron chi connectivity index (χ2n) is 6.29. The number of hydrogen-bond acceptors (Lipinski definition) is 3. The van der Waals surface area contributed by atoms with Crippen LogP contribution in [0, 0.1) is 5.92 Å². The van der Waals surface area contributed by atoms with Gasteiger partial charge < -0.3 is 15.0 Å². The second-order valence-corrected chi connectivity index (χ2v) is 6.29. The Morgan fingerprint density at radius 3 is 2.65 bits per heavy atom. The normalized spacial score (nSPS) is 22.8. The van der Waals surface area contributed by atoms with Crippen LogP contribution in [0.15, 0.2) is 24.3 Å². The number of ether oxygens (including phenoxy) is 1. The number of nitrogens with one attached hydrogen (secondary N) is 1. The molecule has 0 bridgehead atoms. The summed E-state index contributed by atoms with van der Waals surface area (Å²) in [5.74, 6) is 0.685. The first-order valence-corrected chi connectivity index (χ1v) is 7.92. The number of rotatable bonds is 6. The minimum Gasteiger partial charge on any atom is -0.381 e. The first kappa shape index (κ1) is 13.9. The van der Waals surface area contributed by atoms with Gasteiger partial charge in [-0.3, -0.25) is 0 Å². The minimum atomic E-state index is 0.685. The van der Waals surface area contributed by atoms with Crippen molar-refractivity contribution in [2.24, 2.45) is 5.92 Å². The lowest BCUT2D eigenvalue weighted by atomic mass is 10.0. The van der Waals surface area contributed by atoms with E-state index < -0.39 is 0 Å². The Morgan fingerprint density at radius 2 is 2.00 bits per heavy atom. The zero-order chi connectivity index (χ0) is 13.8. The summed E-state index contributed by atoms with van der Waals surface area (Å²) in [5.41, 5.74) is 2.70. The van der Waals surface area contributed by atoms with Crippen LogP contribution in [-0.4, -0.2) is 32.8 Å². The Hall–Kier alpha value is -1.06. The van der Waals surface area contributed by atoms with Crippen molar-refractivity contribution in [2.45, 2.75) is 38.3 Å². The van der Waals surface area contributed by atoms with Gasteiger partial charge in [0.25, 0.3) is 0 Å². The second kappa shape index (κ2) is 6.59. The van der Waals surface area contributed by atoms with E-state index in [1.54, 1.807) is 0 Å². The quantitative estimate of drug-likeness (QED) is 0.863. The van der Waals surface area contributed by atoms with Crippen LogP contribution in [0.4, 0.5) is 5.69 Å². The van der Waals surface area contributed by atoms with Crippen molar-refractivity contribution in [1.29, 1.82) is 0 Å². The molecule has 0 radical (unpaired) electrons. The van der Waals surface area contributed by atoms with Gasteiger partial charge in [-0.05, 0) is 49.3 Å². The molecule has 0 spiro atoms. The fourth-order valence-electron chi connectivity index (χ4n) is 2.86. The summed E-state index contributed by atoms with van der Waals surface area (Å²) in [6.45, 7) is 3.97. The zero-order valence-corrected chi connectivity index (χ0v) is 12.5. The monoisotopic (exact) mass is 274 g/mol. The van der Waals surface area contributed by atoms with Crippen LogP contribution in [0.5, 0.6) is 0 Å². The summed E-state index contributed by atoms with van der Waals surface area (Å²) >= 11 is 0. The highest BCUT2D eigenvalue weighted by atomic mass is 16.5. The van der Waals surface area contributed by atoms with Crippen molar-refractivity contribution < 1.29 is 4.74 Å². The lowest BCUT2D eigenvalue weighted by Crippen LogP contribution is -2.30. The van der Waals surface area contributed by atoms with Crippen LogP contribution in [0.3, 0.4) is 0 Å². The summed E-state index contributed by atoms with van der Waals surface area (Å²) in [6.07, 6.45) is 5.21. The summed E-state index contributed by atoms with van der Waals surface area (Å²) in [4.78, 5) is 2.36. The summed E-state index contributed by atoms with van der Waals surface area (Å²) in [5, 5.41) is 3.56. The SMILES string of the molecule is CN(CC1CCCOC1)c1ccc(CNC2CC2)cc1. The van der Waals surface area contributed by atoms with Crippen molar-refractivity contribution in [3.63, 3.8) is 0 Å². The molecule has 3 nitrogen and oxygen atoms in total. The molecule has 2 fully saturated rings. The number of nitrogens with zero attached hydrogens (tertiary/aromatic N) is 1. The fraction of sp³-hybridized carbons (Fsp3) is 0.647. The Morgan fingerprint density at radius 1 is 1.20 bits per heavy atom. The number of hydrogen-bond donors (Lipinski definition) is 1. The highest BCUT2D eigenvalue weighted by Crippen LogP contribution is 2.21. The molecular weight excluding hydrogens is 248 g/mol. The van der Waals surface area contributed by atoms with E-state index in [1.807, 2.05) is 0 Å². The maximum Gasteiger partial charge on any atom is 0.0511 e. The largest absolute Gasteiger partial charge is 0.381 e. The third-order valence-electron chi connectivity index (χ3n) is 4.34. The predicted molar refractivity (Wildman–Crippen MR) is 83.1 cm³/mol. The molecule has 110 valence electrons. The molecule has 1 atom stereocenters. The standard InChI is InChI=1S/C17H26N2O/c1-19(12-15-3-2-10-20-13-15)17-8-4-14(5-9-17)11-18-16-6-7-16/h4-5,8-9,15-16,18H,2-3,6-7,10-13H2,1H3. The number of anilines is 1. The average Bonchev–Trinajstić information content (AvgIpc) is 3.31. The van der Waals surface area contributed by atoms with Crippen LogP contribution >= 0.6 is 0 Å². The van der Waals surface area contributed by atoms with E-state index in [0.717, 1.165) is 32.3 Å². The molecular formula is C17H26N2O. The van der Waals surface area contributed by atoms with Crippen LogP contribution in [-0.2, 0) is 11.3 Å². The molecule has 0 amide bonds. The Bertz CT molecular complexity index is 408. The van der Waals surface area contributed by atoms with Crippen LogP contribution in [0.25, 0.3) is 0 Å². The molecule has 1 aliphatic heterocycles. The van der Waals surface area contributed by atoms with E-state index in [4.69, 9.17) is 4.74 Å². The molecule has 1 saturated heterocycles. The van der Waals surface area contributed by atoms with Crippen LogP contribution in [0.2, 0.25) is 0 Å². The van der Waals surface area contributed by atoms with Gasteiger partial charge in [-0.25, -0.2) is 0 Å². The molecule has 1 aromatic carbocycles. The predicted octanol–water partition coefficient (Wildman–Crippen LogP) is 2.80. The molecule has 1 aromatic rings. The molecule has 20 heavy (non-hydrogen) atoms. The Kier molecular flexibility index (Phi) is 4.58. The van der Waals surface area contributed by atoms with E-state index in [-0.39, 0.29) is 0 Å². The van der Waals surface area contributed by atoms with Crippen molar-refractivity contribution in [1.82, 2.24) is 5.32 Å². The lowest BCUT2D eigenvalue weighted by molar-refractivity contribution is 0.0576.